The molecule has 0 spiro atoms. The topological polar surface area (TPSA) is 66.6 Å². The fourth-order valence-corrected chi connectivity index (χ4v) is 2.56. The molecule has 18 heavy (non-hydrogen) atoms. The Labute approximate surface area is 111 Å². The molecule has 98 valence electrons. The fourth-order valence-electron chi connectivity index (χ4n) is 2.32. The number of rotatable bonds is 2. The van der Waals surface area contributed by atoms with Gasteiger partial charge in [0.25, 0.3) is 5.91 Å². The average Bonchev–Trinajstić information content (AvgIpc) is 2.37. The SMILES string of the molecule is Nc1cc(Cl)cc(C(=O)N2CCCC(CO)C2)c1. The summed E-state index contributed by atoms with van der Waals surface area (Å²) in [5.74, 6) is 0.113. The molecule has 1 aromatic rings. The fraction of sp³-hybridized carbons (Fsp3) is 0.462. The van der Waals surface area contributed by atoms with Crippen molar-refractivity contribution in [2.24, 2.45) is 5.92 Å². The number of hydrogen-bond acceptors (Lipinski definition) is 3. The first kappa shape index (κ1) is 13.2. The number of nitrogens with two attached hydrogens (primary N) is 1. The number of aliphatic hydroxyl groups is 1. The lowest BCUT2D eigenvalue weighted by atomic mass is 9.98. The monoisotopic (exact) mass is 268 g/mol. The van der Waals surface area contributed by atoms with E-state index < -0.39 is 0 Å². The number of halogens is 1. The van der Waals surface area contributed by atoms with E-state index in [1.807, 2.05) is 0 Å². The van der Waals surface area contributed by atoms with E-state index in [4.69, 9.17) is 17.3 Å². The minimum Gasteiger partial charge on any atom is -0.399 e. The molecule has 1 atom stereocenters. The van der Waals surface area contributed by atoms with Gasteiger partial charge in [-0.2, -0.15) is 0 Å². The third-order valence-corrected chi connectivity index (χ3v) is 3.45. The summed E-state index contributed by atoms with van der Waals surface area (Å²) < 4.78 is 0. The number of nitrogens with zero attached hydrogens (tertiary/aromatic N) is 1. The molecule has 0 saturated carbocycles. The highest BCUT2D eigenvalue weighted by molar-refractivity contribution is 6.31. The van der Waals surface area contributed by atoms with Gasteiger partial charge in [-0.05, 0) is 37.0 Å². The van der Waals surface area contributed by atoms with Crippen LogP contribution in [0, 0.1) is 5.92 Å². The molecule has 1 amide bonds. The van der Waals surface area contributed by atoms with Gasteiger partial charge in [-0.1, -0.05) is 11.6 Å². The molecular weight excluding hydrogens is 252 g/mol. The first-order valence-electron chi connectivity index (χ1n) is 6.06. The average molecular weight is 269 g/mol. The molecule has 5 heteroatoms. The minimum absolute atomic E-state index is 0.0673. The van der Waals surface area contributed by atoms with Crippen LogP contribution in [0.2, 0.25) is 5.02 Å². The molecule has 1 saturated heterocycles. The number of nitrogen functional groups attached to an aromatic ring is 1. The molecule has 1 aliphatic rings. The van der Waals surface area contributed by atoms with Crippen LogP contribution < -0.4 is 5.73 Å². The van der Waals surface area contributed by atoms with Crippen molar-refractivity contribution in [3.05, 3.63) is 28.8 Å². The van der Waals surface area contributed by atoms with Crippen molar-refractivity contribution in [2.45, 2.75) is 12.8 Å². The van der Waals surface area contributed by atoms with Crippen LogP contribution in [-0.2, 0) is 0 Å². The molecular formula is C13H17ClN2O2. The normalized spacial score (nSPS) is 19.9. The summed E-state index contributed by atoms with van der Waals surface area (Å²) >= 11 is 5.90. The molecule has 2 rings (SSSR count). The number of amides is 1. The van der Waals surface area contributed by atoms with Gasteiger partial charge in [0, 0.05) is 36.0 Å². The van der Waals surface area contributed by atoms with Gasteiger partial charge in [0.15, 0.2) is 0 Å². The van der Waals surface area contributed by atoms with Gasteiger partial charge in [0.2, 0.25) is 0 Å². The van der Waals surface area contributed by atoms with Gasteiger partial charge in [-0.3, -0.25) is 4.79 Å². The number of aliphatic hydroxyl groups excluding tert-OH is 1. The van der Waals surface area contributed by atoms with Crippen LogP contribution >= 0.6 is 11.6 Å². The first-order valence-corrected chi connectivity index (χ1v) is 6.44. The Morgan fingerprint density at radius 1 is 1.50 bits per heavy atom. The summed E-state index contributed by atoms with van der Waals surface area (Å²) in [7, 11) is 0. The van der Waals surface area contributed by atoms with Crippen LogP contribution in [0.3, 0.4) is 0 Å². The smallest absolute Gasteiger partial charge is 0.253 e. The van der Waals surface area contributed by atoms with Gasteiger partial charge in [0.1, 0.15) is 0 Å². The highest BCUT2D eigenvalue weighted by Crippen LogP contribution is 2.21. The van der Waals surface area contributed by atoms with Crippen molar-refractivity contribution in [1.29, 1.82) is 0 Å². The number of hydrogen-bond donors (Lipinski definition) is 2. The first-order chi connectivity index (χ1) is 8.60. The van der Waals surface area contributed by atoms with Crippen molar-refractivity contribution < 1.29 is 9.90 Å². The van der Waals surface area contributed by atoms with Crippen LogP contribution in [0.1, 0.15) is 23.2 Å². The summed E-state index contributed by atoms with van der Waals surface area (Å²) in [6, 6.07) is 4.88. The van der Waals surface area contributed by atoms with Gasteiger partial charge < -0.3 is 15.7 Å². The van der Waals surface area contributed by atoms with E-state index in [2.05, 4.69) is 0 Å². The zero-order valence-corrected chi connectivity index (χ0v) is 10.9. The lowest BCUT2D eigenvalue weighted by molar-refractivity contribution is 0.0621. The Morgan fingerprint density at radius 2 is 2.28 bits per heavy atom. The molecule has 3 N–H and O–H groups in total. The second-order valence-corrected chi connectivity index (χ2v) is 5.15. The maximum atomic E-state index is 12.3. The van der Waals surface area contributed by atoms with Crippen molar-refractivity contribution in [3.63, 3.8) is 0 Å². The summed E-state index contributed by atoms with van der Waals surface area (Å²) in [6.45, 7) is 1.45. The van der Waals surface area contributed by atoms with E-state index in [0.717, 1.165) is 19.4 Å². The van der Waals surface area contributed by atoms with Gasteiger partial charge in [-0.25, -0.2) is 0 Å². The number of carbonyl (C=O) groups is 1. The summed E-state index contributed by atoms with van der Waals surface area (Å²) in [6.07, 6.45) is 1.89. The van der Waals surface area contributed by atoms with Crippen molar-refractivity contribution >= 4 is 23.2 Å². The number of carbonyl (C=O) groups excluding carboxylic acids is 1. The molecule has 1 unspecified atom stereocenters. The van der Waals surface area contributed by atoms with E-state index in [-0.39, 0.29) is 18.4 Å². The van der Waals surface area contributed by atoms with Crippen LogP contribution in [0.25, 0.3) is 0 Å². The number of benzene rings is 1. The van der Waals surface area contributed by atoms with E-state index >= 15 is 0 Å². The Balaban J connectivity index is 2.15. The van der Waals surface area contributed by atoms with Crippen LogP contribution in [0.15, 0.2) is 18.2 Å². The lowest BCUT2D eigenvalue weighted by Gasteiger charge is -2.32. The van der Waals surface area contributed by atoms with E-state index in [1.165, 1.54) is 0 Å². The van der Waals surface area contributed by atoms with Crippen molar-refractivity contribution in [2.75, 3.05) is 25.4 Å². The lowest BCUT2D eigenvalue weighted by Crippen LogP contribution is -2.40. The number of piperidine rings is 1. The van der Waals surface area contributed by atoms with Crippen molar-refractivity contribution in [3.8, 4) is 0 Å². The third-order valence-electron chi connectivity index (χ3n) is 3.23. The molecule has 0 aromatic heterocycles. The Morgan fingerprint density at radius 3 is 2.94 bits per heavy atom. The van der Waals surface area contributed by atoms with Gasteiger partial charge in [-0.15, -0.1) is 0 Å². The highest BCUT2D eigenvalue weighted by Gasteiger charge is 2.24. The summed E-state index contributed by atoms with van der Waals surface area (Å²) in [5, 5.41) is 9.64. The summed E-state index contributed by atoms with van der Waals surface area (Å²) in [4.78, 5) is 14.1. The molecule has 0 bridgehead atoms. The number of anilines is 1. The Kier molecular flexibility index (Phi) is 4.09. The van der Waals surface area contributed by atoms with Gasteiger partial charge in [0.05, 0.1) is 0 Å². The Bertz CT molecular complexity index is 430. The standard InChI is InChI=1S/C13H17ClN2O2/c14-11-4-10(5-12(15)6-11)13(18)16-3-1-2-9(7-16)8-17/h4-6,9,17H,1-3,7-8,15H2. The second-order valence-electron chi connectivity index (χ2n) is 4.72. The third kappa shape index (κ3) is 2.94. The highest BCUT2D eigenvalue weighted by atomic mass is 35.5. The molecule has 1 fully saturated rings. The Hall–Kier alpha value is -1.26. The van der Waals surface area contributed by atoms with E-state index in [0.29, 0.717) is 22.8 Å². The van der Waals surface area contributed by atoms with Gasteiger partial charge >= 0.3 is 0 Å². The zero-order valence-electron chi connectivity index (χ0n) is 10.1. The quantitative estimate of drug-likeness (QED) is 0.804. The molecule has 0 radical (unpaired) electrons. The molecule has 1 aliphatic heterocycles. The molecule has 1 aromatic carbocycles. The largest absolute Gasteiger partial charge is 0.399 e. The van der Waals surface area contributed by atoms with E-state index in [9.17, 15) is 9.90 Å². The van der Waals surface area contributed by atoms with Crippen LogP contribution in [-0.4, -0.2) is 35.6 Å². The maximum Gasteiger partial charge on any atom is 0.253 e. The summed E-state index contributed by atoms with van der Waals surface area (Å²) in [5.41, 5.74) is 6.69. The van der Waals surface area contributed by atoms with Crippen LogP contribution in [0.5, 0.6) is 0 Å². The minimum atomic E-state index is -0.0673. The molecule has 1 heterocycles. The van der Waals surface area contributed by atoms with E-state index in [1.54, 1.807) is 23.1 Å². The number of likely N-dealkylation sites (tertiary alicyclic amines) is 1. The van der Waals surface area contributed by atoms with Crippen LogP contribution in [0.4, 0.5) is 5.69 Å². The predicted octanol–water partition coefficient (Wildman–Crippen LogP) is 1.77. The molecule has 4 nitrogen and oxygen atoms in total. The maximum absolute atomic E-state index is 12.3. The second kappa shape index (κ2) is 5.59. The molecule has 0 aliphatic carbocycles. The van der Waals surface area contributed by atoms with Crippen molar-refractivity contribution in [1.82, 2.24) is 4.90 Å². The predicted molar refractivity (Wildman–Crippen MR) is 71.6 cm³/mol. The zero-order chi connectivity index (χ0) is 13.1.